The van der Waals surface area contributed by atoms with E-state index in [9.17, 15) is 9.59 Å². The van der Waals surface area contributed by atoms with Crippen LogP contribution in [0.4, 0.5) is 0 Å². The summed E-state index contributed by atoms with van der Waals surface area (Å²) in [4.78, 5) is 21.4. The summed E-state index contributed by atoms with van der Waals surface area (Å²) >= 11 is 4.01. The van der Waals surface area contributed by atoms with Gasteiger partial charge in [-0.25, -0.2) is 9.59 Å². The fourth-order valence-corrected chi connectivity index (χ4v) is 1.47. The number of carboxylic acid groups (broad SMARTS) is 2. The molecule has 2 N–H and O–H groups in total. The third-order valence-electron chi connectivity index (χ3n) is 1.89. The van der Waals surface area contributed by atoms with Crippen LogP contribution >= 0.6 is 12.6 Å². The van der Waals surface area contributed by atoms with E-state index in [1.165, 1.54) is 12.1 Å². The van der Waals surface area contributed by atoms with Crippen LogP contribution in [0.5, 0.6) is 0 Å². The van der Waals surface area contributed by atoms with Gasteiger partial charge in [0.05, 0.1) is 11.1 Å². The van der Waals surface area contributed by atoms with E-state index in [1.54, 1.807) is 0 Å². The van der Waals surface area contributed by atoms with Crippen LogP contribution in [0.25, 0.3) is 0 Å². The van der Waals surface area contributed by atoms with Gasteiger partial charge in [0.1, 0.15) is 0 Å². The highest BCUT2D eigenvalue weighted by molar-refractivity contribution is 7.80. The minimum atomic E-state index is -1.13. The van der Waals surface area contributed by atoms with Crippen LogP contribution in [0.2, 0.25) is 0 Å². The van der Waals surface area contributed by atoms with Gasteiger partial charge in [-0.15, -0.1) is 0 Å². The van der Waals surface area contributed by atoms with E-state index in [1.807, 2.05) is 0 Å². The van der Waals surface area contributed by atoms with E-state index in [-0.39, 0.29) is 11.1 Å². The largest absolute Gasteiger partial charge is 0.478 e. The molecule has 1 aromatic carbocycles. The molecule has 0 heterocycles. The van der Waals surface area contributed by atoms with Crippen molar-refractivity contribution in [2.75, 3.05) is 5.75 Å². The number of hydrogen-bond acceptors (Lipinski definition) is 3. The van der Waals surface area contributed by atoms with E-state index in [0.29, 0.717) is 17.7 Å². The SMILES string of the molecule is O=C(O)c1cc(CCS)cc(C(=O)O)c1. The second-order valence-electron chi connectivity index (χ2n) is 3.00. The molecule has 0 atom stereocenters. The smallest absolute Gasteiger partial charge is 0.335 e. The summed E-state index contributed by atoms with van der Waals surface area (Å²) in [6, 6.07) is 4.07. The first kappa shape index (κ1) is 11.6. The van der Waals surface area contributed by atoms with Crippen LogP contribution in [0.1, 0.15) is 26.3 Å². The van der Waals surface area contributed by atoms with Crippen LogP contribution in [-0.4, -0.2) is 27.9 Å². The number of rotatable bonds is 4. The lowest BCUT2D eigenvalue weighted by molar-refractivity contribution is 0.0696. The molecule has 80 valence electrons. The van der Waals surface area contributed by atoms with Crippen molar-refractivity contribution in [1.29, 1.82) is 0 Å². The van der Waals surface area contributed by atoms with Gasteiger partial charge in [0.2, 0.25) is 0 Å². The number of aryl methyl sites for hydroxylation is 1. The predicted molar refractivity (Wildman–Crippen MR) is 57.9 cm³/mol. The lowest BCUT2D eigenvalue weighted by Gasteiger charge is -2.03. The Morgan fingerprint density at radius 3 is 1.87 bits per heavy atom. The molecule has 0 aromatic heterocycles. The van der Waals surface area contributed by atoms with Gasteiger partial charge in [-0.05, 0) is 35.9 Å². The standard InChI is InChI=1S/C10H10O4S/c11-9(12)7-3-6(1-2-15)4-8(5-7)10(13)14/h3-5,15H,1-2H2,(H,11,12)(H,13,14). The molecule has 1 rings (SSSR count). The fraction of sp³-hybridized carbons (Fsp3) is 0.200. The molecule has 1 aromatic rings. The molecular formula is C10H10O4S. The quantitative estimate of drug-likeness (QED) is 0.681. The molecule has 0 spiro atoms. The molecule has 0 unspecified atom stereocenters. The number of benzene rings is 1. The Morgan fingerprint density at radius 1 is 1.07 bits per heavy atom. The van der Waals surface area contributed by atoms with Crippen molar-refractivity contribution >= 4 is 24.6 Å². The first-order chi connectivity index (χ1) is 7.04. The third kappa shape index (κ3) is 2.99. The van der Waals surface area contributed by atoms with Crippen molar-refractivity contribution in [3.05, 3.63) is 34.9 Å². The molecule has 5 heteroatoms. The second-order valence-corrected chi connectivity index (χ2v) is 3.45. The Bertz CT molecular complexity index is 368. The number of carbonyl (C=O) groups is 2. The lowest BCUT2D eigenvalue weighted by atomic mass is 10.0. The number of carboxylic acids is 2. The Labute approximate surface area is 92.0 Å². The summed E-state index contributed by atoms with van der Waals surface area (Å²) in [5.74, 6) is -1.71. The molecule has 0 aliphatic carbocycles. The van der Waals surface area contributed by atoms with Crippen LogP contribution in [0, 0.1) is 0 Å². The maximum absolute atomic E-state index is 10.7. The highest BCUT2D eigenvalue weighted by Crippen LogP contribution is 2.12. The Kier molecular flexibility index (Phi) is 3.74. The molecule has 0 fully saturated rings. The molecule has 0 aliphatic rings. The average Bonchev–Trinajstić information content (AvgIpc) is 2.17. The molecular weight excluding hydrogens is 216 g/mol. The zero-order valence-corrected chi connectivity index (χ0v) is 8.70. The highest BCUT2D eigenvalue weighted by Gasteiger charge is 2.10. The van der Waals surface area contributed by atoms with Crippen molar-refractivity contribution < 1.29 is 19.8 Å². The van der Waals surface area contributed by atoms with Crippen LogP contribution in [0.15, 0.2) is 18.2 Å². The average molecular weight is 226 g/mol. The van der Waals surface area contributed by atoms with Crippen molar-refractivity contribution in [3.8, 4) is 0 Å². The van der Waals surface area contributed by atoms with Gasteiger partial charge in [0, 0.05) is 0 Å². The lowest BCUT2D eigenvalue weighted by Crippen LogP contribution is -2.04. The van der Waals surface area contributed by atoms with Gasteiger partial charge in [-0.3, -0.25) is 0 Å². The Balaban J connectivity index is 3.19. The summed E-state index contributed by atoms with van der Waals surface area (Å²) in [5, 5.41) is 17.5. The first-order valence-electron chi connectivity index (χ1n) is 4.26. The summed E-state index contributed by atoms with van der Waals surface area (Å²) in [5.41, 5.74) is 0.653. The van der Waals surface area contributed by atoms with Crippen LogP contribution < -0.4 is 0 Å². The van der Waals surface area contributed by atoms with Gasteiger partial charge in [-0.1, -0.05) is 0 Å². The van der Waals surface area contributed by atoms with E-state index in [2.05, 4.69) is 12.6 Å². The predicted octanol–water partition coefficient (Wildman–Crippen LogP) is 1.56. The zero-order valence-electron chi connectivity index (χ0n) is 7.80. The molecule has 0 saturated carbocycles. The molecule has 0 saturated heterocycles. The molecule has 15 heavy (non-hydrogen) atoms. The number of hydrogen-bond donors (Lipinski definition) is 3. The monoisotopic (exact) mass is 226 g/mol. The maximum atomic E-state index is 10.7. The van der Waals surface area contributed by atoms with Gasteiger partial charge in [-0.2, -0.15) is 12.6 Å². The number of aromatic carboxylic acids is 2. The maximum Gasteiger partial charge on any atom is 0.335 e. The van der Waals surface area contributed by atoms with Crippen molar-refractivity contribution in [2.45, 2.75) is 6.42 Å². The first-order valence-corrected chi connectivity index (χ1v) is 4.89. The van der Waals surface area contributed by atoms with Crippen molar-refractivity contribution in [1.82, 2.24) is 0 Å². The van der Waals surface area contributed by atoms with Gasteiger partial charge in [0.15, 0.2) is 0 Å². The molecule has 0 bridgehead atoms. The molecule has 0 amide bonds. The molecule has 0 aliphatic heterocycles. The summed E-state index contributed by atoms with van der Waals surface area (Å²) in [6.07, 6.45) is 0.546. The van der Waals surface area contributed by atoms with E-state index in [4.69, 9.17) is 10.2 Å². The second kappa shape index (κ2) is 4.84. The minimum Gasteiger partial charge on any atom is -0.478 e. The normalized spacial score (nSPS) is 9.93. The summed E-state index contributed by atoms with van der Waals surface area (Å²) < 4.78 is 0. The third-order valence-corrected chi connectivity index (χ3v) is 2.11. The van der Waals surface area contributed by atoms with Crippen molar-refractivity contribution in [3.63, 3.8) is 0 Å². The molecule has 4 nitrogen and oxygen atoms in total. The van der Waals surface area contributed by atoms with Crippen LogP contribution in [-0.2, 0) is 6.42 Å². The fourth-order valence-electron chi connectivity index (χ4n) is 1.21. The summed E-state index contributed by atoms with van der Waals surface area (Å²) in [6.45, 7) is 0. The van der Waals surface area contributed by atoms with Gasteiger partial charge >= 0.3 is 11.9 Å². The molecule has 0 radical (unpaired) electrons. The summed E-state index contributed by atoms with van der Waals surface area (Å²) in [7, 11) is 0. The number of thiol groups is 1. The Morgan fingerprint density at radius 2 is 1.53 bits per heavy atom. The van der Waals surface area contributed by atoms with E-state index in [0.717, 1.165) is 6.07 Å². The van der Waals surface area contributed by atoms with E-state index >= 15 is 0 Å². The van der Waals surface area contributed by atoms with Crippen LogP contribution in [0.3, 0.4) is 0 Å². The Hall–Kier alpha value is -1.49. The van der Waals surface area contributed by atoms with Gasteiger partial charge in [0.25, 0.3) is 0 Å². The van der Waals surface area contributed by atoms with Gasteiger partial charge < -0.3 is 10.2 Å². The topological polar surface area (TPSA) is 74.6 Å². The van der Waals surface area contributed by atoms with E-state index < -0.39 is 11.9 Å². The minimum absolute atomic E-state index is 0.00770. The highest BCUT2D eigenvalue weighted by atomic mass is 32.1. The zero-order chi connectivity index (χ0) is 11.4. The van der Waals surface area contributed by atoms with Crippen molar-refractivity contribution in [2.24, 2.45) is 0 Å².